The highest BCUT2D eigenvalue weighted by molar-refractivity contribution is 7.42. The van der Waals surface area contributed by atoms with Gasteiger partial charge in [-0.15, -0.1) is 0 Å². The third-order valence-corrected chi connectivity index (χ3v) is 9.79. The van der Waals surface area contributed by atoms with Crippen molar-refractivity contribution in [2.45, 2.75) is 50.7 Å². The molecule has 1 aromatic heterocycles. The van der Waals surface area contributed by atoms with Crippen LogP contribution in [-0.4, -0.2) is 59.7 Å². The molecule has 2 heterocycles. The van der Waals surface area contributed by atoms with Crippen molar-refractivity contribution in [3.63, 3.8) is 0 Å². The summed E-state index contributed by atoms with van der Waals surface area (Å²) in [5, 5.41) is 18.7. The predicted octanol–water partition coefficient (Wildman–Crippen LogP) is 7.57. The van der Waals surface area contributed by atoms with Crippen molar-refractivity contribution < 1.29 is 9.49 Å². The van der Waals surface area contributed by atoms with Gasteiger partial charge in [0.1, 0.15) is 17.4 Å². The number of halogens is 1. The Balaban J connectivity index is 1.26. The Morgan fingerprint density at radius 1 is 1.07 bits per heavy atom. The number of hydrogen-bond donors (Lipinski definition) is 2. The lowest BCUT2D eigenvalue weighted by Gasteiger charge is -2.47. The monoisotopic (exact) mass is 610 g/mol. The van der Waals surface area contributed by atoms with Crippen LogP contribution < -0.4 is 15.5 Å². The van der Waals surface area contributed by atoms with Gasteiger partial charge in [0, 0.05) is 36.6 Å². The maximum atomic E-state index is 12.1. The number of aromatic nitrogens is 2. The average molecular weight is 611 g/mol. The van der Waals surface area contributed by atoms with Crippen LogP contribution in [0.5, 0.6) is 0 Å². The molecule has 12 heteroatoms. The molecule has 3 aromatic rings. The fourth-order valence-corrected chi connectivity index (χ4v) is 7.06. The third kappa shape index (κ3) is 7.17. The number of anilines is 5. The SMILES string of the molecule is CN(C)C1CCC2(CC1)CCN(c1ccc(Nc3ncc(Cl)c(Nc4ccc(C[P+](C)=O)cc4)n3)cc1[N+](=O)[O-])CC2. The van der Waals surface area contributed by atoms with Gasteiger partial charge in [-0.2, -0.15) is 4.98 Å². The number of nitro groups is 1. The van der Waals surface area contributed by atoms with Crippen molar-refractivity contribution in [2.75, 3.05) is 49.4 Å². The zero-order chi connectivity index (χ0) is 29.9. The molecular weight excluding hydrogens is 573 g/mol. The summed E-state index contributed by atoms with van der Waals surface area (Å²) in [6.45, 7) is 3.36. The van der Waals surface area contributed by atoms with Gasteiger partial charge in [0.25, 0.3) is 5.69 Å². The van der Waals surface area contributed by atoms with Crippen molar-refractivity contribution in [2.24, 2.45) is 5.41 Å². The van der Waals surface area contributed by atoms with E-state index < -0.39 is 7.80 Å². The molecule has 1 aliphatic heterocycles. The lowest BCUT2D eigenvalue weighted by Crippen LogP contribution is -2.44. The van der Waals surface area contributed by atoms with E-state index in [-0.39, 0.29) is 16.6 Å². The fraction of sp³-hybridized carbons (Fsp3) is 0.467. The van der Waals surface area contributed by atoms with Crippen LogP contribution in [-0.2, 0) is 10.7 Å². The zero-order valence-corrected chi connectivity index (χ0v) is 26.0. The van der Waals surface area contributed by atoms with E-state index in [0.717, 1.165) is 37.2 Å². The molecule has 42 heavy (non-hydrogen) atoms. The van der Waals surface area contributed by atoms with Crippen molar-refractivity contribution in [3.8, 4) is 0 Å². The number of nitrogens with zero attached hydrogens (tertiary/aromatic N) is 5. The Morgan fingerprint density at radius 2 is 1.74 bits per heavy atom. The molecule has 1 spiro atoms. The normalized spacial score (nSPS) is 17.4. The summed E-state index contributed by atoms with van der Waals surface area (Å²) in [4.78, 5) is 25.1. The standard InChI is InChI=1S/C30H38ClN7O3P/c1-36(2)24-10-12-30(13-11-24)14-16-37(17-15-30)26-9-8-23(18-27(26)38(39)40)34-29-32-19-25(31)28(35-29)33-22-6-4-21(5-7-22)20-42(3)41/h4-9,18-19,24H,10-17,20H2,1-3H3,(H2,32,33,34,35)/q+1. The molecule has 1 aliphatic carbocycles. The highest BCUT2D eigenvalue weighted by Gasteiger charge is 2.39. The minimum atomic E-state index is -1.26. The summed E-state index contributed by atoms with van der Waals surface area (Å²) < 4.78 is 11.5. The quantitative estimate of drug-likeness (QED) is 0.144. The summed E-state index contributed by atoms with van der Waals surface area (Å²) in [6, 6.07) is 13.4. The van der Waals surface area contributed by atoms with Crippen LogP contribution in [0, 0.1) is 15.5 Å². The lowest BCUT2D eigenvalue weighted by atomic mass is 9.66. The third-order valence-electron chi connectivity index (χ3n) is 8.71. The van der Waals surface area contributed by atoms with E-state index in [1.165, 1.54) is 31.9 Å². The van der Waals surface area contributed by atoms with Crippen LogP contribution >= 0.6 is 19.4 Å². The second-order valence-electron chi connectivity index (χ2n) is 11.8. The predicted molar refractivity (Wildman–Crippen MR) is 170 cm³/mol. The van der Waals surface area contributed by atoms with Crippen LogP contribution in [0.15, 0.2) is 48.7 Å². The molecule has 222 valence electrons. The van der Waals surface area contributed by atoms with Gasteiger partial charge in [0.05, 0.1) is 11.1 Å². The molecule has 2 aromatic carbocycles. The zero-order valence-electron chi connectivity index (χ0n) is 24.3. The van der Waals surface area contributed by atoms with Gasteiger partial charge in [-0.25, -0.2) is 4.98 Å². The topological polar surface area (TPSA) is 117 Å². The number of benzene rings is 2. The first kappa shape index (κ1) is 30.1. The second-order valence-corrected chi connectivity index (χ2v) is 13.7. The Labute approximate surface area is 252 Å². The summed E-state index contributed by atoms with van der Waals surface area (Å²) in [5.74, 6) is 0.660. The number of piperidine rings is 1. The summed E-state index contributed by atoms with van der Waals surface area (Å²) in [5.41, 5.74) is 3.36. The van der Waals surface area contributed by atoms with E-state index in [9.17, 15) is 14.7 Å². The molecule has 1 saturated heterocycles. The molecule has 2 N–H and O–H groups in total. The minimum Gasteiger partial charge on any atom is -0.366 e. The van der Waals surface area contributed by atoms with Crippen LogP contribution in [0.2, 0.25) is 5.02 Å². The van der Waals surface area contributed by atoms with Gasteiger partial charge in [0.2, 0.25) is 5.95 Å². The van der Waals surface area contributed by atoms with Gasteiger partial charge in [0.15, 0.2) is 12.0 Å². The molecule has 5 rings (SSSR count). The first-order chi connectivity index (χ1) is 20.1. The Kier molecular flexibility index (Phi) is 9.25. The summed E-state index contributed by atoms with van der Waals surface area (Å²) in [7, 11) is 3.07. The van der Waals surface area contributed by atoms with Crippen molar-refractivity contribution in [1.29, 1.82) is 0 Å². The summed E-state index contributed by atoms with van der Waals surface area (Å²) >= 11 is 6.35. The van der Waals surface area contributed by atoms with E-state index in [4.69, 9.17) is 11.6 Å². The van der Waals surface area contributed by atoms with Crippen molar-refractivity contribution in [3.05, 3.63) is 69.4 Å². The van der Waals surface area contributed by atoms with E-state index in [1.54, 1.807) is 12.7 Å². The molecule has 1 saturated carbocycles. The Bertz CT molecular complexity index is 1440. The molecule has 10 nitrogen and oxygen atoms in total. The summed E-state index contributed by atoms with van der Waals surface area (Å²) in [6.07, 6.45) is 9.07. The highest BCUT2D eigenvalue weighted by Crippen LogP contribution is 2.47. The van der Waals surface area contributed by atoms with Crippen LogP contribution in [0.25, 0.3) is 0 Å². The van der Waals surface area contributed by atoms with E-state index >= 15 is 0 Å². The number of rotatable bonds is 9. The van der Waals surface area contributed by atoms with Crippen molar-refractivity contribution in [1.82, 2.24) is 14.9 Å². The smallest absolute Gasteiger partial charge is 0.340 e. The molecular formula is C30H38ClN7O3P+. The second kappa shape index (κ2) is 12.9. The van der Waals surface area contributed by atoms with E-state index in [1.807, 2.05) is 36.4 Å². The van der Waals surface area contributed by atoms with Gasteiger partial charge < -0.3 is 20.4 Å². The maximum absolute atomic E-state index is 12.1. The van der Waals surface area contributed by atoms with Crippen LogP contribution in [0.1, 0.15) is 44.1 Å². The van der Waals surface area contributed by atoms with Crippen LogP contribution in [0.3, 0.4) is 0 Å². The molecule has 0 amide bonds. The molecule has 0 radical (unpaired) electrons. The van der Waals surface area contributed by atoms with Gasteiger partial charge >= 0.3 is 7.80 Å². The number of nitro benzene ring substituents is 1. The largest absolute Gasteiger partial charge is 0.366 e. The fourth-order valence-electron chi connectivity index (χ4n) is 6.20. The average Bonchev–Trinajstić information content (AvgIpc) is 2.96. The maximum Gasteiger partial charge on any atom is 0.340 e. The van der Waals surface area contributed by atoms with E-state index in [2.05, 4.69) is 44.5 Å². The molecule has 1 atom stereocenters. The van der Waals surface area contributed by atoms with Gasteiger partial charge in [-0.3, -0.25) is 10.1 Å². The van der Waals surface area contributed by atoms with E-state index in [0.29, 0.717) is 39.8 Å². The molecule has 1 unspecified atom stereocenters. The van der Waals surface area contributed by atoms with Crippen LogP contribution in [0.4, 0.5) is 34.5 Å². The first-order valence-corrected chi connectivity index (χ1v) is 16.6. The Hall–Kier alpha value is -3.33. The van der Waals surface area contributed by atoms with Gasteiger partial charge in [-0.1, -0.05) is 28.3 Å². The van der Waals surface area contributed by atoms with Gasteiger partial charge in [-0.05, 0) is 87.9 Å². The molecule has 2 aliphatic rings. The first-order valence-electron chi connectivity index (χ1n) is 14.3. The van der Waals surface area contributed by atoms with Crippen molar-refractivity contribution >= 4 is 53.9 Å². The molecule has 0 bridgehead atoms. The Morgan fingerprint density at radius 3 is 2.36 bits per heavy atom. The molecule has 2 fully saturated rings. The lowest BCUT2D eigenvalue weighted by molar-refractivity contribution is -0.384. The number of hydrogen-bond acceptors (Lipinski definition) is 9. The highest BCUT2D eigenvalue weighted by atomic mass is 35.5. The minimum absolute atomic E-state index is 0.0634. The number of nitrogens with one attached hydrogen (secondary N) is 2.